The largest absolute Gasteiger partial charge is 0.236 e. The number of para-hydroxylation sites is 1. The zero-order valence-corrected chi connectivity index (χ0v) is 9.16. The maximum Gasteiger partial charge on any atom is 0.136 e. The van der Waals surface area contributed by atoms with E-state index in [-0.39, 0.29) is 5.82 Å². The average molecular weight is 234 g/mol. The van der Waals surface area contributed by atoms with Crippen molar-refractivity contribution >= 4 is 22.5 Å². The fourth-order valence-corrected chi connectivity index (χ4v) is 1.49. The Labute approximate surface area is 98.2 Å². The Balaban J connectivity index is 2.28. The van der Waals surface area contributed by atoms with E-state index in [9.17, 15) is 4.39 Å². The van der Waals surface area contributed by atoms with Crippen LogP contribution in [-0.4, -0.2) is 5.17 Å². The minimum Gasteiger partial charge on any atom is -0.236 e. The molecule has 0 saturated heterocycles. The summed E-state index contributed by atoms with van der Waals surface area (Å²) < 4.78 is 12.7. The summed E-state index contributed by atoms with van der Waals surface area (Å²) in [6, 6.07) is 15.3. The molecule has 3 heteroatoms. The van der Waals surface area contributed by atoms with Crippen LogP contribution >= 0.6 is 11.6 Å². The minimum atomic E-state index is -0.284. The summed E-state index contributed by atoms with van der Waals surface area (Å²) in [4.78, 5) is 4.22. The Morgan fingerprint density at radius 3 is 2.19 bits per heavy atom. The predicted molar refractivity (Wildman–Crippen MR) is 64.9 cm³/mol. The van der Waals surface area contributed by atoms with Crippen molar-refractivity contribution < 1.29 is 4.39 Å². The van der Waals surface area contributed by atoms with E-state index in [0.717, 1.165) is 5.69 Å². The lowest BCUT2D eigenvalue weighted by Gasteiger charge is -1.98. The standard InChI is InChI=1S/C13H9ClFN/c14-13(10-6-8-11(15)9-7-10)16-12-4-2-1-3-5-12/h1-9H/b16-13-. The lowest BCUT2D eigenvalue weighted by molar-refractivity contribution is 0.628. The third-order valence-electron chi connectivity index (χ3n) is 2.07. The van der Waals surface area contributed by atoms with Gasteiger partial charge in [-0.15, -0.1) is 0 Å². The first-order valence-corrected chi connectivity index (χ1v) is 5.19. The molecule has 0 aliphatic heterocycles. The summed E-state index contributed by atoms with van der Waals surface area (Å²) in [5.41, 5.74) is 1.48. The summed E-state index contributed by atoms with van der Waals surface area (Å²) >= 11 is 6.02. The van der Waals surface area contributed by atoms with Crippen LogP contribution < -0.4 is 0 Å². The Bertz CT molecular complexity index is 491. The van der Waals surface area contributed by atoms with Crippen LogP contribution in [0.2, 0.25) is 0 Å². The van der Waals surface area contributed by atoms with E-state index in [1.165, 1.54) is 12.1 Å². The number of hydrogen-bond donors (Lipinski definition) is 0. The Morgan fingerprint density at radius 1 is 0.938 bits per heavy atom. The summed E-state index contributed by atoms with van der Waals surface area (Å²) in [5.74, 6) is -0.284. The first-order chi connectivity index (χ1) is 7.75. The predicted octanol–water partition coefficient (Wildman–Crippen LogP) is 4.14. The second kappa shape index (κ2) is 4.90. The van der Waals surface area contributed by atoms with Crippen molar-refractivity contribution in [3.8, 4) is 0 Å². The number of nitrogens with zero attached hydrogens (tertiary/aromatic N) is 1. The molecule has 0 spiro atoms. The molecule has 2 rings (SSSR count). The van der Waals surface area contributed by atoms with Crippen LogP contribution in [0.1, 0.15) is 5.56 Å². The van der Waals surface area contributed by atoms with Gasteiger partial charge < -0.3 is 0 Å². The van der Waals surface area contributed by atoms with E-state index in [1.54, 1.807) is 12.1 Å². The van der Waals surface area contributed by atoms with E-state index in [0.29, 0.717) is 10.7 Å². The van der Waals surface area contributed by atoms with Gasteiger partial charge in [-0.05, 0) is 36.4 Å². The molecule has 2 aromatic rings. The van der Waals surface area contributed by atoms with Crippen LogP contribution in [0.4, 0.5) is 10.1 Å². The van der Waals surface area contributed by atoms with Gasteiger partial charge in [-0.3, -0.25) is 0 Å². The molecule has 0 aliphatic carbocycles. The molecule has 0 aromatic heterocycles. The van der Waals surface area contributed by atoms with Crippen molar-refractivity contribution in [2.45, 2.75) is 0 Å². The molecule has 2 aromatic carbocycles. The van der Waals surface area contributed by atoms with Crippen molar-refractivity contribution in [1.29, 1.82) is 0 Å². The van der Waals surface area contributed by atoms with Crippen molar-refractivity contribution in [3.05, 3.63) is 66.0 Å². The van der Waals surface area contributed by atoms with Gasteiger partial charge in [-0.2, -0.15) is 0 Å². The van der Waals surface area contributed by atoms with E-state index in [1.807, 2.05) is 30.3 Å². The van der Waals surface area contributed by atoms with Crippen LogP contribution in [0, 0.1) is 5.82 Å². The molecule has 0 atom stereocenters. The molecule has 0 amide bonds. The molecule has 0 bridgehead atoms. The number of aliphatic imine (C=N–C) groups is 1. The maximum absolute atomic E-state index is 12.7. The fraction of sp³-hybridized carbons (Fsp3) is 0. The monoisotopic (exact) mass is 233 g/mol. The van der Waals surface area contributed by atoms with Crippen molar-refractivity contribution in [2.24, 2.45) is 4.99 Å². The van der Waals surface area contributed by atoms with E-state index < -0.39 is 0 Å². The molecular weight excluding hydrogens is 225 g/mol. The number of rotatable bonds is 2. The van der Waals surface area contributed by atoms with Gasteiger partial charge in [0.25, 0.3) is 0 Å². The SMILES string of the molecule is Fc1ccc(/C(Cl)=N/c2ccccc2)cc1. The highest BCUT2D eigenvalue weighted by Crippen LogP contribution is 2.15. The van der Waals surface area contributed by atoms with E-state index >= 15 is 0 Å². The van der Waals surface area contributed by atoms with Gasteiger partial charge in [0, 0.05) is 5.56 Å². The normalized spacial score (nSPS) is 11.5. The van der Waals surface area contributed by atoms with Crippen LogP contribution in [0.15, 0.2) is 59.6 Å². The molecule has 0 radical (unpaired) electrons. The number of hydrogen-bond acceptors (Lipinski definition) is 1. The fourth-order valence-electron chi connectivity index (χ4n) is 1.27. The van der Waals surface area contributed by atoms with Gasteiger partial charge in [-0.1, -0.05) is 29.8 Å². The van der Waals surface area contributed by atoms with Crippen molar-refractivity contribution in [1.82, 2.24) is 0 Å². The van der Waals surface area contributed by atoms with E-state index in [2.05, 4.69) is 4.99 Å². The topological polar surface area (TPSA) is 12.4 Å². The zero-order valence-electron chi connectivity index (χ0n) is 8.40. The highest BCUT2D eigenvalue weighted by molar-refractivity contribution is 6.69. The second-order valence-electron chi connectivity index (χ2n) is 3.25. The van der Waals surface area contributed by atoms with Crippen LogP contribution in [-0.2, 0) is 0 Å². The molecular formula is C13H9ClFN. The highest BCUT2D eigenvalue weighted by atomic mass is 35.5. The third kappa shape index (κ3) is 2.67. The smallest absolute Gasteiger partial charge is 0.136 e. The van der Waals surface area contributed by atoms with Crippen LogP contribution in [0.25, 0.3) is 0 Å². The van der Waals surface area contributed by atoms with Gasteiger partial charge in [0.2, 0.25) is 0 Å². The average Bonchev–Trinajstić information content (AvgIpc) is 2.31. The maximum atomic E-state index is 12.7. The van der Waals surface area contributed by atoms with E-state index in [4.69, 9.17) is 11.6 Å². The molecule has 16 heavy (non-hydrogen) atoms. The Morgan fingerprint density at radius 2 is 1.56 bits per heavy atom. The summed E-state index contributed by atoms with van der Waals surface area (Å²) in [7, 11) is 0. The first-order valence-electron chi connectivity index (χ1n) is 4.81. The molecule has 0 N–H and O–H groups in total. The number of benzene rings is 2. The zero-order chi connectivity index (χ0) is 11.4. The van der Waals surface area contributed by atoms with Crippen LogP contribution in [0.3, 0.4) is 0 Å². The molecule has 0 fully saturated rings. The second-order valence-corrected chi connectivity index (χ2v) is 3.60. The van der Waals surface area contributed by atoms with Crippen molar-refractivity contribution in [2.75, 3.05) is 0 Å². The minimum absolute atomic E-state index is 0.284. The first kappa shape index (κ1) is 10.8. The Kier molecular flexibility index (Phi) is 3.32. The summed E-state index contributed by atoms with van der Waals surface area (Å²) in [6.07, 6.45) is 0. The van der Waals surface area contributed by atoms with Gasteiger partial charge in [0.15, 0.2) is 0 Å². The van der Waals surface area contributed by atoms with Crippen molar-refractivity contribution in [3.63, 3.8) is 0 Å². The molecule has 0 unspecified atom stereocenters. The molecule has 0 aliphatic rings. The highest BCUT2D eigenvalue weighted by Gasteiger charge is 2.00. The molecule has 80 valence electrons. The molecule has 0 heterocycles. The number of halogens is 2. The molecule has 1 nitrogen and oxygen atoms in total. The lowest BCUT2D eigenvalue weighted by atomic mass is 10.2. The lowest BCUT2D eigenvalue weighted by Crippen LogP contribution is -1.90. The summed E-state index contributed by atoms with van der Waals surface area (Å²) in [6.45, 7) is 0. The van der Waals surface area contributed by atoms with Gasteiger partial charge in [0.05, 0.1) is 5.69 Å². The van der Waals surface area contributed by atoms with Crippen LogP contribution in [0.5, 0.6) is 0 Å². The van der Waals surface area contributed by atoms with Gasteiger partial charge >= 0.3 is 0 Å². The molecule has 0 saturated carbocycles. The Hall–Kier alpha value is -1.67. The quantitative estimate of drug-likeness (QED) is 0.692. The summed E-state index contributed by atoms with van der Waals surface area (Å²) in [5, 5.41) is 0.353. The van der Waals surface area contributed by atoms with Gasteiger partial charge in [-0.25, -0.2) is 9.38 Å². The third-order valence-corrected chi connectivity index (χ3v) is 2.37. The van der Waals surface area contributed by atoms with Gasteiger partial charge in [0.1, 0.15) is 11.0 Å².